The van der Waals surface area contributed by atoms with Crippen LogP contribution in [-0.4, -0.2) is 34.6 Å². The van der Waals surface area contributed by atoms with Crippen LogP contribution in [0.4, 0.5) is 0 Å². The van der Waals surface area contributed by atoms with Gasteiger partial charge in [0.05, 0.1) is 5.69 Å². The molecule has 0 saturated carbocycles. The van der Waals surface area contributed by atoms with Crippen molar-refractivity contribution in [2.45, 2.75) is 38.6 Å². The van der Waals surface area contributed by atoms with Gasteiger partial charge >= 0.3 is 0 Å². The standard InChI is InChI=1S/C11H18N4OS.ClH/c1-2-9-10(17-15-14-9)11(16)13-7-5-8-4-3-6-12-8;/h8,12H,2-7H2,1H3,(H,13,16);1H/t8-;/m1./s1. The summed E-state index contributed by atoms with van der Waals surface area (Å²) in [4.78, 5) is 12.5. The van der Waals surface area contributed by atoms with Gasteiger partial charge < -0.3 is 10.6 Å². The Labute approximate surface area is 117 Å². The summed E-state index contributed by atoms with van der Waals surface area (Å²) < 4.78 is 3.82. The van der Waals surface area contributed by atoms with Crippen LogP contribution in [0.25, 0.3) is 0 Å². The Balaban J connectivity index is 0.00000162. The average molecular weight is 291 g/mol. The summed E-state index contributed by atoms with van der Waals surface area (Å²) in [5, 5.41) is 10.3. The van der Waals surface area contributed by atoms with Gasteiger partial charge in [-0.05, 0) is 43.8 Å². The van der Waals surface area contributed by atoms with E-state index in [1.54, 1.807) is 0 Å². The van der Waals surface area contributed by atoms with Crippen LogP contribution >= 0.6 is 23.9 Å². The highest BCUT2D eigenvalue weighted by atomic mass is 35.5. The van der Waals surface area contributed by atoms with Gasteiger partial charge in [0.25, 0.3) is 5.91 Å². The van der Waals surface area contributed by atoms with Gasteiger partial charge in [-0.2, -0.15) is 0 Å². The first kappa shape index (κ1) is 15.3. The summed E-state index contributed by atoms with van der Waals surface area (Å²) in [6, 6.07) is 0.570. The molecule has 18 heavy (non-hydrogen) atoms. The first-order valence-electron chi connectivity index (χ1n) is 6.14. The SMILES string of the molecule is CCc1nnsc1C(=O)NCC[C@H]1CCCN1.Cl. The second-order valence-corrected chi connectivity index (χ2v) is 4.99. The highest BCUT2D eigenvalue weighted by Crippen LogP contribution is 2.11. The number of carbonyl (C=O) groups is 1. The number of nitrogens with one attached hydrogen (secondary N) is 2. The lowest BCUT2D eigenvalue weighted by Gasteiger charge is -2.10. The Kier molecular flexibility index (Phi) is 6.52. The smallest absolute Gasteiger partial charge is 0.264 e. The normalized spacial score (nSPS) is 18.4. The molecule has 0 aliphatic carbocycles. The summed E-state index contributed by atoms with van der Waals surface area (Å²) in [5.74, 6) is -0.0325. The fourth-order valence-corrected chi connectivity index (χ4v) is 2.72. The number of carbonyl (C=O) groups excluding carboxylic acids is 1. The summed E-state index contributed by atoms with van der Waals surface area (Å²) >= 11 is 1.18. The molecule has 7 heteroatoms. The molecular formula is C11H19ClN4OS. The molecule has 0 aromatic carbocycles. The number of rotatable bonds is 5. The molecule has 0 radical (unpaired) electrons. The van der Waals surface area contributed by atoms with E-state index >= 15 is 0 Å². The lowest BCUT2D eigenvalue weighted by Crippen LogP contribution is -2.30. The van der Waals surface area contributed by atoms with E-state index in [2.05, 4.69) is 20.2 Å². The zero-order valence-corrected chi connectivity index (χ0v) is 12.1. The Morgan fingerprint density at radius 2 is 2.44 bits per heavy atom. The molecule has 0 unspecified atom stereocenters. The maximum absolute atomic E-state index is 11.9. The van der Waals surface area contributed by atoms with Crippen LogP contribution in [0.15, 0.2) is 0 Å². The fraction of sp³-hybridized carbons (Fsp3) is 0.727. The molecule has 1 aliphatic rings. The fourth-order valence-electron chi connectivity index (χ4n) is 2.06. The van der Waals surface area contributed by atoms with Crippen LogP contribution in [0.3, 0.4) is 0 Å². The average Bonchev–Trinajstić information content (AvgIpc) is 2.99. The summed E-state index contributed by atoms with van der Waals surface area (Å²) in [6.07, 6.45) is 4.22. The first-order valence-corrected chi connectivity index (χ1v) is 6.91. The first-order chi connectivity index (χ1) is 8.31. The molecule has 1 atom stereocenters. The largest absolute Gasteiger partial charge is 0.351 e. The highest BCUT2D eigenvalue weighted by molar-refractivity contribution is 7.08. The second-order valence-electron chi connectivity index (χ2n) is 4.24. The van der Waals surface area contributed by atoms with E-state index in [9.17, 15) is 4.79 Å². The van der Waals surface area contributed by atoms with Gasteiger partial charge in [0.2, 0.25) is 0 Å². The Bertz CT molecular complexity index is 379. The van der Waals surface area contributed by atoms with Crippen molar-refractivity contribution in [2.75, 3.05) is 13.1 Å². The number of nitrogens with zero attached hydrogens (tertiary/aromatic N) is 2. The Morgan fingerprint density at radius 1 is 1.61 bits per heavy atom. The van der Waals surface area contributed by atoms with Crippen molar-refractivity contribution in [3.63, 3.8) is 0 Å². The molecule has 5 nitrogen and oxygen atoms in total. The third-order valence-corrected chi connectivity index (χ3v) is 3.80. The van der Waals surface area contributed by atoms with E-state index in [0.29, 0.717) is 10.9 Å². The van der Waals surface area contributed by atoms with Crippen LogP contribution in [0, 0.1) is 0 Å². The zero-order valence-electron chi connectivity index (χ0n) is 10.4. The van der Waals surface area contributed by atoms with Crippen molar-refractivity contribution >= 4 is 29.8 Å². The van der Waals surface area contributed by atoms with E-state index in [0.717, 1.165) is 31.6 Å². The van der Waals surface area contributed by atoms with Crippen molar-refractivity contribution < 1.29 is 4.79 Å². The number of hydrogen-bond acceptors (Lipinski definition) is 5. The van der Waals surface area contributed by atoms with Crippen LogP contribution in [0.5, 0.6) is 0 Å². The number of hydrogen-bond donors (Lipinski definition) is 2. The lowest BCUT2D eigenvalue weighted by molar-refractivity contribution is 0.0955. The Hall–Kier alpha value is -0.720. The molecule has 1 aromatic heterocycles. The Morgan fingerprint density at radius 3 is 3.11 bits per heavy atom. The molecule has 102 valence electrons. The van der Waals surface area contributed by atoms with Gasteiger partial charge in [-0.1, -0.05) is 11.4 Å². The number of halogens is 1. The summed E-state index contributed by atoms with van der Waals surface area (Å²) in [5.41, 5.74) is 0.798. The molecule has 1 fully saturated rings. The third-order valence-electron chi connectivity index (χ3n) is 3.04. The van der Waals surface area contributed by atoms with E-state index in [1.807, 2.05) is 6.92 Å². The molecule has 0 spiro atoms. The van der Waals surface area contributed by atoms with Crippen molar-refractivity contribution in [1.29, 1.82) is 0 Å². The quantitative estimate of drug-likeness (QED) is 0.860. The molecule has 1 amide bonds. The van der Waals surface area contributed by atoms with Crippen LogP contribution in [0.1, 0.15) is 41.6 Å². The van der Waals surface area contributed by atoms with E-state index < -0.39 is 0 Å². The summed E-state index contributed by atoms with van der Waals surface area (Å²) in [6.45, 7) is 3.81. The topological polar surface area (TPSA) is 66.9 Å². The monoisotopic (exact) mass is 290 g/mol. The lowest BCUT2D eigenvalue weighted by atomic mass is 10.1. The maximum Gasteiger partial charge on any atom is 0.264 e. The molecule has 1 saturated heterocycles. The minimum atomic E-state index is -0.0325. The van der Waals surface area contributed by atoms with Crippen LogP contribution < -0.4 is 10.6 Å². The van der Waals surface area contributed by atoms with Crippen molar-refractivity contribution in [3.05, 3.63) is 10.6 Å². The second kappa shape index (κ2) is 7.66. The van der Waals surface area contributed by atoms with Gasteiger partial charge in [-0.25, -0.2) is 0 Å². The predicted molar refractivity (Wildman–Crippen MR) is 74.5 cm³/mol. The molecule has 1 aliphatic heterocycles. The number of aromatic nitrogens is 2. The minimum Gasteiger partial charge on any atom is -0.351 e. The summed E-state index contributed by atoms with van der Waals surface area (Å²) in [7, 11) is 0. The molecule has 2 N–H and O–H groups in total. The molecular weight excluding hydrogens is 272 g/mol. The third kappa shape index (κ3) is 3.90. The van der Waals surface area contributed by atoms with Crippen LogP contribution in [-0.2, 0) is 6.42 Å². The predicted octanol–water partition coefficient (Wildman–Crippen LogP) is 1.39. The zero-order chi connectivity index (χ0) is 12.1. The van der Waals surface area contributed by atoms with E-state index in [1.165, 1.54) is 24.4 Å². The number of amides is 1. The molecule has 0 bridgehead atoms. The van der Waals surface area contributed by atoms with Crippen molar-refractivity contribution in [1.82, 2.24) is 20.2 Å². The number of aryl methyl sites for hydroxylation is 1. The van der Waals surface area contributed by atoms with Crippen molar-refractivity contribution in [2.24, 2.45) is 0 Å². The van der Waals surface area contributed by atoms with Gasteiger partial charge in [0, 0.05) is 12.6 Å². The van der Waals surface area contributed by atoms with E-state index in [4.69, 9.17) is 0 Å². The highest BCUT2D eigenvalue weighted by Gasteiger charge is 2.16. The van der Waals surface area contributed by atoms with Gasteiger partial charge in [0.1, 0.15) is 4.88 Å². The van der Waals surface area contributed by atoms with Crippen LogP contribution in [0.2, 0.25) is 0 Å². The molecule has 1 aromatic rings. The van der Waals surface area contributed by atoms with Gasteiger partial charge in [0.15, 0.2) is 0 Å². The van der Waals surface area contributed by atoms with Gasteiger partial charge in [-0.15, -0.1) is 17.5 Å². The molecule has 2 rings (SSSR count). The minimum absolute atomic E-state index is 0. The van der Waals surface area contributed by atoms with E-state index in [-0.39, 0.29) is 18.3 Å². The van der Waals surface area contributed by atoms with Gasteiger partial charge in [-0.3, -0.25) is 4.79 Å². The maximum atomic E-state index is 11.9. The molecule has 2 heterocycles. The van der Waals surface area contributed by atoms with Crippen molar-refractivity contribution in [3.8, 4) is 0 Å².